The molecule has 8 heteroatoms. The molecule has 0 unspecified atom stereocenters. The van der Waals surface area contributed by atoms with E-state index in [1.165, 1.54) is 12.6 Å². The molecule has 0 radical (unpaired) electrons. The molecule has 3 aromatic rings. The van der Waals surface area contributed by atoms with Crippen molar-refractivity contribution in [1.29, 1.82) is 0 Å². The number of para-hydroxylation sites is 1. The predicted octanol–water partition coefficient (Wildman–Crippen LogP) is 1.77. The van der Waals surface area contributed by atoms with Crippen LogP contribution in [-0.4, -0.2) is 48.7 Å². The number of aromatic nitrogens is 5. The van der Waals surface area contributed by atoms with Crippen LogP contribution in [0, 0.1) is 0 Å². The number of amides is 1. The number of nitrogens with zero attached hydrogens (tertiary/aromatic N) is 6. The summed E-state index contributed by atoms with van der Waals surface area (Å²) in [7, 11) is 1.81. The maximum atomic E-state index is 12.7. The molecule has 1 fully saturated rings. The highest BCUT2D eigenvalue weighted by Gasteiger charge is 2.23. The molecule has 1 amide bonds. The maximum Gasteiger partial charge on any atom is 0.281 e. The van der Waals surface area contributed by atoms with Gasteiger partial charge in [-0.15, -0.1) is 5.10 Å². The quantitative estimate of drug-likeness (QED) is 0.702. The van der Waals surface area contributed by atoms with E-state index in [1.54, 1.807) is 9.58 Å². The van der Waals surface area contributed by atoms with Gasteiger partial charge >= 0.3 is 0 Å². The van der Waals surface area contributed by atoms with E-state index in [-0.39, 0.29) is 24.1 Å². The second-order valence-electron chi connectivity index (χ2n) is 6.98. The Labute approximate surface area is 156 Å². The van der Waals surface area contributed by atoms with Crippen LogP contribution in [0.25, 0.3) is 16.7 Å². The summed E-state index contributed by atoms with van der Waals surface area (Å²) in [5.41, 5.74) is 0.829. The van der Waals surface area contributed by atoms with Gasteiger partial charge in [-0.1, -0.05) is 42.7 Å². The van der Waals surface area contributed by atoms with Crippen LogP contribution in [-0.2, 0) is 11.3 Å². The SMILES string of the molecule is CN(C(=O)Cn1nnc2c(cnn2-c2ccccc2)c1=O)C1CCCCC1. The van der Waals surface area contributed by atoms with Crippen molar-refractivity contribution in [2.45, 2.75) is 44.7 Å². The van der Waals surface area contributed by atoms with Crippen molar-refractivity contribution in [1.82, 2.24) is 29.7 Å². The molecule has 1 aromatic carbocycles. The molecular weight excluding hydrogens is 344 g/mol. The molecule has 27 heavy (non-hydrogen) atoms. The van der Waals surface area contributed by atoms with Crippen molar-refractivity contribution in [2.75, 3.05) is 7.05 Å². The summed E-state index contributed by atoms with van der Waals surface area (Å²) >= 11 is 0. The van der Waals surface area contributed by atoms with Crippen molar-refractivity contribution in [2.24, 2.45) is 0 Å². The molecule has 1 aliphatic rings. The number of hydrogen-bond acceptors (Lipinski definition) is 5. The zero-order valence-electron chi connectivity index (χ0n) is 15.3. The summed E-state index contributed by atoms with van der Waals surface area (Å²) < 4.78 is 2.70. The predicted molar refractivity (Wildman–Crippen MR) is 101 cm³/mol. The van der Waals surface area contributed by atoms with E-state index in [0.29, 0.717) is 11.0 Å². The van der Waals surface area contributed by atoms with Crippen LogP contribution < -0.4 is 5.56 Å². The van der Waals surface area contributed by atoms with Gasteiger partial charge in [-0.2, -0.15) is 5.10 Å². The molecule has 1 aliphatic carbocycles. The van der Waals surface area contributed by atoms with E-state index in [9.17, 15) is 9.59 Å². The molecule has 2 aromatic heterocycles. The Kier molecular flexibility index (Phi) is 4.70. The summed E-state index contributed by atoms with van der Waals surface area (Å²) in [5.74, 6) is -0.117. The molecule has 0 aliphatic heterocycles. The van der Waals surface area contributed by atoms with Crippen molar-refractivity contribution in [3.8, 4) is 5.69 Å². The highest BCUT2D eigenvalue weighted by molar-refractivity contribution is 5.77. The Morgan fingerprint density at radius 3 is 2.67 bits per heavy atom. The third-order valence-electron chi connectivity index (χ3n) is 5.26. The van der Waals surface area contributed by atoms with E-state index in [4.69, 9.17) is 0 Å². The van der Waals surface area contributed by atoms with Gasteiger partial charge in [0.2, 0.25) is 5.91 Å². The first-order valence-electron chi connectivity index (χ1n) is 9.28. The van der Waals surface area contributed by atoms with E-state index in [0.717, 1.165) is 36.1 Å². The lowest BCUT2D eigenvalue weighted by atomic mass is 9.94. The van der Waals surface area contributed by atoms with Crippen LogP contribution in [0.3, 0.4) is 0 Å². The van der Waals surface area contributed by atoms with Gasteiger partial charge in [0.15, 0.2) is 5.65 Å². The molecule has 0 N–H and O–H groups in total. The number of fused-ring (bicyclic) bond motifs is 1. The third-order valence-corrected chi connectivity index (χ3v) is 5.26. The normalized spacial score (nSPS) is 15.1. The highest BCUT2D eigenvalue weighted by atomic mass is 16.2. The molecule has 8 nitrogen and oxygen atoms in total. The zero-order chi connectivity index (χ0) is 18.8. The minimum atomic E-state index is -0.354. The number of benzene rings is 1. The first-order chi connectivity index (χ1) is 13.1. The van der Waals surface area contributed by atoms with Crippen LogP contribution >= 0.6 is 0 Å². The monoisotopic (exact) mass is 366 g/mol. The van der Waals surface area contributed by atoms with E-state index >= 15 is 0 Å². The molecule has 1 saturated carbocycles. The molecule has 4 rings (SSSR count). The second kappa shape index (κ2) is 7.30. The largest absolute Gasteiger partial charge is 0.341 e. The van der Waals surface area contributed by atoms with Crippen molar-refractivity contribution in [3.63, 3.8) is 0 Å². The van der Waals surface area contributed by atoms with Gasteiger partial charge in [-0.3, -0.25) is 9.59 Å². The minimum Gasteiger partial charge on any atom is -0.341 e. The van der Waals surface area contributed by atoms with Crippen LogP contribution in [0.5, 0.6) is 0 Å². The summed E-state index contributed by atoms with van der Waals surface area (Å²) in [6.45, 7) is -0.106. The number of carbonyl (C=O) groups is 1. The fraction of sp³-hybridized carbons (Fsp3) is 0.421. The summed E-state index contributed by atoms with van der Waals surface area (Å²) in [5, 5.41) is 12.7. The van der Waals surface area contributed by atoms with Crippen LogP contribution in [0.15, 0.2) is 41.3 Å². The van der Waals surface area contributed by atoms with Gasteiger partial charge in [0, 0.05) is 13.1 Å². The fourth-order valence-corrected chi connectivity index (χ4v) is 3.64. The minimum absolute atomic E-state index is 0.106. The van der Waals surface area contributed by atoms with Gasteiger partial charge < -0.3 is 4.90 Å². The van der Waals surface area contributed by atoms with E-state index in [2.05, 4.69) is 15.4 Å². The maximum absolute atomic E-state index is 12.7. The third kappa shape index (κ3) is 3.34. The molecule has 140 valence electrons. The lowest BCUT2D eigenvalue weighted by Crippen LogP contribution is -2.42. The molecular formula is C19H22N6O2. The van der Waals surface area contributed by atoms with Crippen LogP contribution in [0.1, 0.15) is 32.1 Å². The average Bonchev–Trinajstić information content (AvgIpc) is 3.15. The summed E-state index contributed by atoms with van der Waals surface area (Å²) in [6.07, 6.45) is 7.04. The number of hydrogen-bond donors (Lipinski definition) is 0. The first kappa shape index (κ1) is 17.4. The molecule has 2 heterocycles. The van der Waals surface area contributed by atoms with E-state index in [1.807, 2.05) is 37.4 Å². The van der Waals surface area contributed by atoms with Crippen LogP contribution in [0.4, 0.5) is 0 Å². The molecule has 0 spiro atoms. The standard InChI is InChI=1S/C19H22N6O2/c1-23(14-8-4-2-5-9-14)17(26)13-24-19(27)16-12-20-25(18(16)21-22-24)15-10-6-3-7-11-15/h3,6-7,10-12,14H,2,4-5,8-9,13H2,1H3. The fourth-order valence-electron chi connectivity index (χ4n) is 3.64. The van der Waals surface area contributed by atoms with Crippen LogP contribution in [0.2, 0.25) is 0 Å². The second-order valence-corrected chi connectivity index (χ2v) is 6.98. The van der Waals surface area contributed by atoms with Gasteiger partial charge in [-0.05, 0) is 25.0 Å². The number of likely N-dealkylation sites (N-methyl/N-ethyl adjacent to an activating group) is 1. The van der Waals surface area contributed by atoms with E-state index < -0.39 is 0 Å². The Balaban J connectivity index is 1.59. The van der Waals surface area contributed by atoms with Crippen molar-refractivity contribution in [3.05, 3.63) is 46.9 Å². The highest BCUT2D eigenvalue weighted by Crippen LogP contribution is 2.21. The smallest absolute Gasteiger partial charge is 0.281 e. The Hall–Kier alpha value is -3.03. The average molecular weight is 366 g/mol. The number of rotatable bonds is 4. The van der Waals surface area contributed by atoms with Gasteiger partial charge in [0.05, 0.1) is 11.9 Å². The lowest BCUT2D eigenvalue weighted by molar-refractivity contribution is -0.133. The topological polar surface area (TPSA) is 85.9 Å². The Morgan fingerprint density at radius 1 is 1.19 bits per heavy atom. The Bertz CT molecular complexity index is 1000. The zero-order valence-corrected chi connectivity index (χ0v) is 15.3. The van der Waals surface area contributed by atoms with Gasteiger partial charge in [0.25, 0.3) is 5.56 Å². The summed E-state index contributed by atoms with van der Waals surface area (Å²) in [4.78, 5) is 27.1. The van der Waals surface area contributed by atoms with Crippen molar-refractivity contribution >= 4 is 16.9 Å². The lowest BCUT2D eigenvalue weighted by Gasteiger charge is -2.31. The molecule has 0 saturated heterocycles. The Morgan fingerprint density at radius 2 is 1.93 bits per heavy atom. The number of carbonyl (C=O) groups excluding carboxylic acids is 1. The van der Waals surface area contributed by atoms with Gasteiger partial charge in [-0.25, -0.2) is 9.36 Å². The first-order valence-corrected chi connectivity index (χ1v) is 9.28. The molecule has 0 atom stereocenters. The molecule has 0 bridgehead atoms. The van der Waals surface area contributed by atoms with Gasteiger partial charge in [0.1, 0.15) is 11.9 Å². The van der Waals surface area contributed by atoms with Crippen molar-refractivity contribution < 1.29 is 4.79 Å². The summed E-state index contributed by atoms with van der Waals surface area (Å²) in [6, 6.07) is 9.68.